The average Bonchev–Trinajstić information content (AvgIpc) is 2.19. The lowest BCUT2D eigenvalue weighted by atomic mass is 10.3. The molecule has 0 fully saturated rings. The van der Waals surface area contributed by atoms with Gasteiger partial charge in [0.2, 0.25) is 10.0 Å². The van der Waals surface area contributed by atoms with Gasteiger partial charge < -0.3 is 5.73 Å². The predicted octanol–water partition coefficient (Wildman–Crippen LogP) is 1.57. The molecule has 3 N–H and O–H groups in total. The molecule has 7 heteroatoms. The quantitative estimate of drug-likeness (QED) is 0.850. The van der Waals surface area contributed by atoms with Crippen LogP contribution in [0.1, 0.15) is 6.42 Å². The first-order valence-corrected chi connectivity index (χ1v) is 6.63. The zero-order chi connectivity index (χ0) is 12.2. The van der Waals surface area contributed by atoms with E-state index in [2.05, 4.69) is 4.72 Å². The van der Waals surface area contributed by atoms with Crippen LogP contribution in [0.25, 0.3) is 0 Å². The highest BCUT2D eigenvalue weighted by molar-refractivity contribution is 7.92. The molecule has 0 spiro atoms. The maximum atomic E-state index is 13.3. The maximum absolute atomic E-state index is 13.3. The number of anilines is 1. The van der Waals surface area contributed by atoms with Gasteiger partial charge in [-0.25, -0.2) is 12.8 Å². The molecule has 90 valence electrons. The van der Waals surface area contributed by atoms with E-state index in [0.717, 1.165) is 6.07 Å². The molecule has 1 rings (SSSR count). The Balaban J connectivity index is 2.80. The van der Waals surface area contributed by atoms with Crippen molar-refractivity contribution in [2.24, 2.45) is 5.73 Å². The van der Waals surface area contributed by atoms with Gasteiger partial charge in [0.15, 0.2) is 0 Å². The second-order valence-electron chi connectivity index (χ2n) is 3.19. The number of hydrogen-bond donors (Lipinski definition) is 2. The third-order valence-electron chi connectivity index (χ3n) is 1.81. The van der Waals surface area contributed by atoms with E-state index >= 15 is 0 Å². The van der Waals surface area contributed by atoms with Crippen LogP contribution in [0.2, 0.25) is 5.02 Å². The Bertz CT molecular complexity index is 465. The lowest BCUT2D eigenvalue weighted by Crippen LogP contribution is -2.19. The van der Waals surface area contributed by atoms with Crippen LogP contribution in [0, 0.1) is 5.82 Å². The van der Waals surface area contributed by atoms with Crippen molar-refractivity contribution < 1.29 is 12.8 Å². The summed E-state index contributed by atoms with van der Waals surface area (Å²) >= 11 is 5.54. The summed E-state index contributed by atoms with van der Waals surface area (Å²) in [4.78, 5) is 0. The highest BCUT2D eigenvalue weighted by Crippen LogP contribution is 2.19. The number of sulfonamides is 1. The Morgan fingerprint density at radius 1 is 1.44 bits per heavy atom. The average molecular weight is 267 g/mol. The molecule has 0 amide bonds. The summed E-state index contributed by atoms with van der Waals surface area (Å²) in [5, 5.41) is 0.211. The molecule has 0 saturated heterocycles. The number of nitrogens with one attached hydrogen (secondary N) is 1. The fourth-order valence-corrected chi connectivity index (χ4v) is 2.37. The SMILES string of the molecule is NCCCS(=O)(=O)Nc1ccc(Cl)cc1F. The monoisotopic (exact) mass is 266 g/mol. The Morgan fingerprint density at radius 3 is 2.69 bits per heavy atom. The first-order valence-electron chi connectivity index (χ1n) is 4.60. The van der Waals surface area contributed by atoms with Crippen LogP contribution in [0.4, 0.5) is 10.1 Å². The Kier molecular flexibility index (Phi) is 4.52. The van der Waals surface area contributed by atoms with Gasteiger partial charge in [-0.3, -0.25) is 4.72 Å². The first kappa shape index (κ1) is 13.2. The normalized spacial score (nSPS) is 11.4. The fourth-order valence-electron chi connectivity index (χ4n) is 1.06. The van der Waals surface area contributed by atoms with Crippen molar-refractivity contribution in [1.29, 1.82) is 0 Å². The molecule has 0 radical (unpaired) electrons. The molecule has 0 aliphatic heterocycles. The fraction of sp³-hybridized carbons (Fsp3) is 0.333. The standard InChI is InChI=1S/C9H12ClFN2O2S/c10-7-2-3-9(8(11)6-7)13-16(14,15)5-1-4-12/h2-3,6,13H,1,4-5,12H2. The van der Waals surface area contributed by atoms with E-state index in [1.54, 1.807) is 0 Å². The summed E-state index contributed by atoms with van der Waals surface area (Å²) in [6, 6.07) is 3.73. The van der Waals surface area contributed by atoms with Gasteiger partial charge in [-0.15, -0.1) is 0 Å². The van der Waals surface area contributed by atoms with Gasteiger partial charge in [0.1, 0.15) is 5.82 Å². The number of nitrogens with two attached hydrogens (primary N) is 1. The van der Waals surface area contributed by atoms with E-state index in [4.69, 9.17) is 17.3 Å². The van der Waals surface area contributed by atoms with Crippen LogP contribution in [-0.2, 0) is 10.0 Å². The third-order valence-corrected chi connectivity index (χ3v) is 3.41. The molecule has 0 aromatic heterocycles. The van der Waals surface area contributed by atoms with Crippen molar-refractivity contribution in [2.45, 2.75) is 6.42 Å². The summed E-state index contributed by atoms with van der Waals surface area (Å²) in [6.07, 6.45) is 0.324. The molecule has 0 aliphatic rings. The Hall–Kier alpha value is -0.850. The molecule has 0 saturated carbocycles. The summed E-state index contributed by atoms with van der Waals surface area (Å²) in [6.45, 7) is 0.268. The summed E-state index contributed by atoms with van der Waals surface area (Å²) < 4.78 is 38.3. The highest BCUT2D eigenvalue weighted by atomic mass is 35.5. The van der Waals surface area contributed by atoms with Gasteiger partial charge in [0.05, 0.1) is 11.4 Å². The molecular weight excluding hydrogens is 255 g/mol. The highest BCUT2D eigenvalue weighted by Gasteiger charge is 2.12. The third kappa shape index (κ3) is 3.96. The molecule has 0 aliphatic carbocycles. The van der Waals surface area contributed by atoms with E-state index in [9.17, 15) is 12.8 Å². The number of benzene rings is 1. The molecule has 1 aromatic carbocycles. The molecule has 0 unspecified atom stereocenters. The predicted molar refractivity (Wildman–Crippen MR) is 62.5 cm³/mol. The lowest BCUT2D eigenvalue weighted by Gasteiger charge is -2.08. The minimum Gasteiger partial charge on any atom is -0.330 e. The van der Waals surface area contributed by atoms with Crippen LogP contribution in [0.5, 0.6) is 0 Å². The Morgan fingerprint density at radius 2 is 2.12 bits per heavy atom. The van der Waals surface area contributed by atoms with Crippen molar-refractivity contribution in [2.75, 3.05) is 17.0 Å². The number of rotatable bonds is 5. The smallest absolute Gasteiger partial charge is 0.232 e. The van der Waals surface area contributed by atoms with Crippen molar-refractivity contribution in [3.05, 3.63) is 29.0 Å². The molecule has 4 nitrogen and oxygen atoms in total. The van der Waals surface area contributed by atoms with Gasteiger partial charge >= 0.3 is 0 Å². The molecule has 16 heavy (non-hydrogen) atoms. The summed E-state index contributed by atoms with van der Waals surface area (Å²) in [5.74, 6) is -0.838. The van der Waals surface area contributed by atoms with E-state index < -0.39 is 15.8 Å². The lowest BCUT2D eigenvalue weighted by molar-refractivity contribution is 0.596. The minimum atomic E-state index is -3.55. The van der Waals surface area contributed by atoms with Crippen molar-refractivity contribution >= 4 is 27.3 Å². The zero-order valence-corrected chi connectivity index (χ0v) is 9.98. The van der Waals surface area contributed by atoms with Crippen LogP contribution in [0.3, 0.4) is 0 Å². The first-order chi connectivity index (χ1) is 7.44. The van der Waals surface area contributed by atoms with Gasteiger partial charge in [-0.05, 0) is 31.2 Å². The van der Waals surface area contributed by atoms with Crippen LogP contribution in [-0.4, -0.2) is 20.7 Å². The van der Waals surface area contributed by atoms with Crippen LogP contribution in [0.15, 0.2) is 18.2 Å². The van der Waals surface area contributed by atoms with Crippen LogP contribution >= 0.6 is 11.6 Å². The molecule has 0 heterocycles. The second-order valence-corrected chi connectivity index (χ2v) is 5.47. The minimum absolute atomic E-state index is 0.110. The molecule has 0 atom stereocenters. The number of hydrogen-bond acceptors (Lipinski definition) is 3. The van der Waals surface area contributed by atoms with E-state index in [0.29, 0.717) is 6.42 Å². The second kappa shape index (κ2) is 5.47. The van der Waals surface area contributed by atoms with E-state index in [1.165, 1.54) is 12.1 Å². The van der Waals surface area contributed by atoms with E-state index in [-0.39, 0.29) is 23.0 Å². The van der Waals surface area contributed by atoms with Crippen molar-refractivity contribution in [3.63, 3.8) is 0 Å². The Labute approximate surface area is 98.6 Å². The van der Waals surface area contributed by atoms with Gasteiger partial charge in [0, 0.05) is 5.02 Å². The zero-order valence-electron chi connectivity index (χ0n) is 8.41. The topological polar surface area (TPSA) is 72.2 Å². The summed E-state index contributed by atoms with van der Waals surface area (Å²) in [5.41, 5.74) is 5.09. The number of halogens is 2. The maximum Gasteiger partial charge on any atom is 0.232 e. The van der Waals surface area contributed by atoms with Gasteiger partial charge in [0.25, 0.3) is 0 Å². The van der Waals surface area contributed by atoms with Gasteiger partial charge in [-0.2, -0.15) is 0 Å². The van der Waals surface area contributed by atoms with Crippen molar-refractivity contribution in [1.82, 2.24) is 0 Å². The van der Waals surface area contributed by atoms with Crippen molar-refractivity contribution in [3.8, 4) is 0 Å². The molecular formula is C9H12ClFN2O2S. The largest absolute Gasteiger partial charge is 0.330 e. The van der Waals surface area contributed by atoms with E-state index in [1.807, 2.05) is 0 Å². The molecule has 0 bridgehead atoms. The van der Waals surface area contributed by atoms with Gasteiger partial charge in [-0.1, -0.05) is 11.6 Å². The molecule has 1 aromatic rings. The summed E-state index contributed by atoms with van der Waals surface area (Å²) in [7, 11) is -3.55. The van der Waals surface area contributed by atoms with Crippen LogP contribution < -0.4 is 10.5 Å².